The molecule has 1 aromatic rings. The van der Waals surface area contributed by atoms with Crippen molar-refractivity contribution in [3.8, 4) is 6.07 Å². The molecule has 2 unspecified atom stereocenters. The van der Waals surface area contributed by atoms with E-state index in [1.54, 1.807) is 0 Å². The van der Waals surface area contributed by atoms with Crippen LogP contribution in [-0.4, -0.2) is 31.0 Å². The van der Waals surface area contributed by atoms with Gasteiger partial charge in [-0.2, -0.15) is 5.26 Å². The number of nitriles is 1. The average Bonchev–Trinajstić information content (AvgIpc) is 2.94. The Bertz CT molecular complexity index is 461. The number of aliphatic hydroxyl groups excluding tert-OH is 1. The molecule has 0 bridgehead atoms. The number of hydrogen-bond acceptors (Lipinski definition) is 4. The minimum atomic E-state index is -0.198. The van der Waals surface area contributed by atoms with E-state index in [-0.39, 0.29) is 18.7 Å². The number of ether oxygens (including phenoxy) is 1. The zero-order valence-electron chi connectivity index (χ0n) is 10.7. The number of benzene rings is 1. The molecule has 1 aliphatic heterocycles. The highest BCUT2D eigenvalue weighted by atomic mass is 16.5. The van der Waals surface area contributed by atoms with Crippen LogP contribution in [0.5, 0.6) is 0 Å². The maximum absolute atomic E-state index is 9.53. The minimum Gasteiger partial charge on any atom is -0.394 e. The fourth-order valence-corrected chi connectivity index (χ4v) is 3.17. The Hall–Kier alpha value is -1.41. The van der Waals surface area contributed by atoms with E-state index in [0.717, 1.165) is 18.8 Å². The van der Waals surface area contributed by atoms with Crippen molar-refractivity contribution in [2.24, 2.45) is 17.8 Å². The number of aliphatic hydroxyl groups is 1. The first-order chi connectivity index (χ1) is 9.35. The SMILES string of the molecule is N#CC(N[C@@H](CO)c1ccccc1)C1[C@H]2COC[C@@H]12. The van der Waals surface area contributed by atoms with Crippen LogP contribution < -0.4 is 5.32 Å². The van der Waals surface area contributed by atoms with Gasteiger partial charge in [-0.3, -0.25) is 5.32 Å². The second kappa shape index (κ2) is 5.30. The van der Waals surface area contributed by atoms with E-state index in [1.165, 1.54) is 0 Å². The first kappa shape index (κ1) is 12.6. The third-order valence-electron chi connectivity index (χ3n) is 4.31. The Morgan fingerprint density at radius 3 is 2.58 bits per heavy atom. The summed E-state index contributed by atoms with van der Waals surface area (Å²) in [6, 6.07) is 11.8. The fourth-order valence-electron chi connectivity index (χ4n) is 3.17. The Labute approximate surface area is 113 Å². The van der Waals surface area contributed by atoms with Crippen LogP contribution in [-0.2, 0) is 4.74 Å². The number of nitrogens with zero attached hydrogens (tertiary/aromatic N) is 1. The zero-order valence-corrected chi connectivity index (χ0v) is 10.7. The van der Waals surface area contributed by atoms with Gasteiger partial charge in [0.15, 0.2) is 0 Å². The lowest BCUT2D eigenvalue weighted by molar-refractivity contribution is 0.143. The van der Waals surface area contributed by atoms with E-state index >= 15 is 0 Å². The molecule has 1 heterocycles. The molecule has 2 N–H and O–H groups in total. The summed E-state index contributed by atoms with van der Waals surface area (Å²) in [6.45, 7) is 1.56. The van der Waals surface area contributed by atoms with Crippen LogP contribution in [0.25, 0.3) is 0 Å². The number of fused-ring (bicyclic) bond motifs is 1. The van der Waals surface area contributed by atoms with Crippen LogP contribution in [0.4, 0.5) is 0 Å². The lowest BCUT2D eigenvalue weighted by atomic mass is 10.0. The molecule has 0 amide bonds. The highest BCUT2D eigenvalue weighted by Gasteiger charge is 2.57. The summed E-state index contributed by atoms with van der Waals surface area (Å²) in [5, 5.41) is 22.2. The van der Waals surface area contributed by atoms with E-state index in [1.807, 2.05) is 30.3 Å². The second-order valence-corrected chi connectivity index (χ2v) is 5.36. The van der Waals surface area contributed by atoms with E-state index in [4.69, 9.17) is 4.74 Å². The van der Waals surface area contributed by atoms with Crippen molar-refractivity contribution in [3.05, 3.63) is 35.9 Å². The topological polar surface area (TPSA) is 65.3 Å². The van der Waals surface area contributed by atoms with E-state index in [9.17, 15) is 10.4 Å². The molecule has 2 fully saturated rings. The summed E-state index contributed by atoms with van der Waals surface area (Å²) >= 11 is 0. The van der Waals surface area contributed by atoms with Gasteiger partial charge < -0.3 is 9.84 Å². The van der Waals surface area contributed by atoms with Crippen molar-refractivity contribution in [2.45, 2.75) is 12.1 Å². The minimum absolute atomic E-state index is 0.000741. The molecule has 19 heavy (non-hydrogen) atoms. The Kier molecular flexibility index (Phi) is 3.52. The molecule has 0 spiro atoms. The second-order valence-electron chi connectivity index (χ2n) is 5.36. The lowest BCUT2D eigenvalue weighted by Gasteiger charge is -2.21. The highest BCUT2D eigenvalue weighted by Crippen LogP contribution is 2.52. The van der Waals surface area contributed by atoms with E-state index < -0.39 is 0 Å². The van der Waals surface area contributed by atoms with Gasteiger partial charge in [0.25, 0.3) is 0 Å². The van der Waals surface area contributed by atoms with Gasteiger partial charge in [-0.05, 0) is 23.3 Å². The predicted octanol–water partition coefficient (Wildman–Crippen LogP) is 1.09. The summed E-state index contributed by atoms with van der Waals surface area (Å²) in [5.74, 6) is 1.45. The van der Waals surface area contributed by atoms with Gasteiger partial charge in [0.2, 0.25) is 0 Å². The van der Waals surface area contributed by atoms with Crippen LogP contribution in [0.15, 0.2) is 30.3 Å². The molecule has 4 heteroatoms. The van der Waals surface area contributed by atoms with Gasteiger partial charge in [-0.25, -0.2) is 0 Å². The van der Waals surface area contributed by atoms with Crippen molar-refractivity contribution in [3.63, 3.8) is 0 Å². The molecule has 2 aliphatic rings. The smallest absolute Gasteiger partial charge is 0.0994 e. The van der Waals surface area contributed by atoms with Gasteiger partial charge in [-0.1, -0.05) is 30.3 Å². The molecule has 0 aromatic heterocycles. The van der Waals surface area contributed by atoms with Gasteiger partial charge in [-0.15, -0.1) is 0 Å². The summed E-state index contributed by atoms with van der Waals surface area (Å²) in [6.07, 6.45) is 0. The van der Waals surface area contributed by atoms with Crippen molar-refractivity contribution >= 4 is 0 Å². The van der Waals surface area contributed by atoms with Crippen LogP contribution in [0, 0.1) is 29.1 Å². The zero-order chi connectivity index (χ0) is 13.2. The fraction of sp³-hybridized carbons (Fsp3) is 0.533. The maximum Gasteiger partial charge on any atom is 0.0994 e. The molecule has 1 saturated carbocycles. The number of nitrogens with one attached hydrogen (secondary N) is 1. The number of hydrogen-bond donors (Lipinski definition) is 2. The summed E-state index contributed by atoms with van der Waals surface area (Å²) < 4.78 is 5.36. The number of rotatable bonds is 5. The van der Waals surface area contributed by atoms with E-state index in [0.29, 0.717) is 17.8 Å². The standard InChI is InChI=1S/C15H18N2O2/c16-6-13(15-11-8-19-9-12(11)15)17-14(7-18)10-4-2-1-3-5-10/h1-5,11-15,17-18H,7-9H2/t11-,12+,13?,14-,15?/m0/s1. The van der Waals surface area contributed by atoms with Crippen LogP contribution in [0.3, 0.4) is 0 Å². The molecular formula is C15H18N2O2. The summed E-state index contributed by atoms with van der Waals surface area (Å²) in [4.78, 5) is 0. The quantitative estimate of drug-likeness (QED) is 0.830. The average molecular weight is 258 g/mol. The van der Waals surface area contributed by atoms with Crippen molar-refractivity contribution in [1.29, 1.82) is 5.26 Å². The van der Waals surface area contributed by atoms with Gasteiger partial charge in [0, 0.05) is 0 Å². The lowest BCUT2D eigenvalue weighted by Crippen LogP contribution is -2.36. The molecule has 1 aromatic carbocycles. The van der Waals surface area contributed by atoms with Crippen LogP contribution in [0.1, 0.15) is 11.6 Å². The highest BCUT2D eigenvalue weighted by molar-refractivity contribution is 5.21. The van der Waals surface area contributed by atoms with Gasteiger partial charge >= 0.3 is 0 Å². The normalized spacial score (nSPS) is 31.3. The molecule has 3 rings (SSSR count). The summed E-state index contributed by atoms with van der Waals surface area (Å²) in [7, 11) is 0. The van der Waals surface area contributed by atoms with Crippen LogP contribution >= 0.6 is 0 Å². The van der Waals surface area contributed by atoms with Crippen molar-refractivity contribution in [2.75, 3.05) is 19.8 Å². The Balaban J connectivity index is 1.67. The predicted molar refractivity (Wildman–Crippen MR) is 70.1 cm³/mol. The van der Waals surface area contributed by atoms with Gasteiger partial charge in [0.1, 0.15) is 0 Å². The first-order valence-electron chi connectivity index (χ1n) is 6.74. The summed E-state index contributed by atoms with van der Waals surface area (Å²) in [5.41, 5.74) is 1.02. The first-order valence-corrected chi connectivity index (χ1v) is 6.74. The Morgan fingerprint density at radius 1 is 1.32 bits per heavy atom. The van der Waals surface area contributed by atoms with Crippen LogP contribution in [0.2, 0.25) is 0 Å². The Morgan fingerprint density at radius 2 is 2.00 bits per heavy atom. The molecule has 1 saturated heterocycles. The molecular weight excluding hydrogens is 240 g/mol. The largest absolute Gasteiger partial charge is 0.394 e. The van der Waals surface area contributed by atoms with Crippen molar-refractivity contribution < 1.29 is 9.84 Å². The van der Waals surface area contributed by atoms with Crippen molar-refractivity contribution in [1.82, 2.24) is 5.32 Å². The van der Waals surface area contributed by atoms with E-state index in [2.05, 4.69) is 11.4 Å². The molecule has 1 aliphatic carbocycles. The third kappa shape index (κ3) is 2.37. The maximum atomic E-state index is 9.53. The molecule has 5 atom stereocenters. The molecule has 100 valence electrons. The molecule has 4 nitrogen and oxygen atoms in total. The third-order valence-corrected chi connectivity index (χ3v) is 4.31. The van der Waals surface area contributed by atoms with Gasteiger partial charge in [0.05, 0.1) is 38.0 Å². The molecule has 0 radical (unpaired) electrons. The monoisotopic (exact) mass is 258 g/mol.